The van der Waals surface area contributed by atoms with E-state index in [9.17, 15) is 0 Å². The lowest BCUT2D eigenvalue weighted by Gasteiger charge is -2.08. The van der Waals surface area contributed by atoms with Crippen molar-refractivity contribution >= 4 is 6.08 Å². The third-order valence-corrected chi connectivity index (χ3v) is 2.80. The van der Waals surface area contributed by atoms with E-state index >= 15 is 0 Å². The van der Waals surface area contributed by atoms with Crippen LogP contribution in [0.3, 0.4) is 0 Å². The molecule has 0 atom stereocenters. The Hall–Kier alpha value is -1.48. The predicted octanol–water partition coefficient (Wildman–Crippen LogP) is 3.11. The minimum absolute atomic E-state index is 0.819. The van der Waals surface area contributed by atoms with Crippen LogP contribution in [0.15, 0.2) is 23.8 Å². The Morgan fingerprint density at radius 2 is 1.72 bits per heavy atom. The average Bonchev–Trinajstić information content (AvgIpc) is 2.42. The van der Waals surface area contributed by atoms with Gasteiger partial charge < -0.3 is 14.8 Å². The number of hydrogen-bond donors (Lipinski definition) is 1. The Labute approximate surface area is 110 Å². The Morgan fingerprint density at radius 1 is 1.11 bits per heavy atom. The van der Waals surface area contributed by atoms with Crippen LogP contribution in [0.4, 0.5) is 0 Å². The van der Waals surface area contributed by atoms with Crippen molar-refractivity contribution in [3.63, 3.8) is 0 Å². The van der Waals surface area contributed by atoms with Crippen molar-refractivity contribution in [1.82, 2.24) is 5.32 Å². The number of hydrogen-bond acceptors (Lipinski definition) is 3. The summed E-state index contributed by atoms with van der Waals surface area (Å²) in [5.74, 6) is 1.64. The minimum atomic E-state index is 0.819. The van der Waals surface area contributed by atoms with Gasteiger partial charge in [0.15, 0.2) is 0 Å². The fraction of sp³-hybridized carbons (Fsp3) is 0.467. The summed E-state index contributed by atoms with van der Waals surface area (Å²) < 4.78 is 10.5. The van der Waals surface area contributed by atoms with Crippen LogP contribution in [-0.4, -0.2) is 27.3 Å². The predicted molar refractivity (Wildman–Crippen MR) is 76.4 cm³/mol. The lowest BCUT2D eigenvalue weighted by atomic mass is 10.1. The summed E-state index contributed by atoms with van der Waals surface area (Å²) in [4.78, 5) is 0. The van der Waals surface area contributed by atoms with Gasteiger partial charge in [-0.05, 0) is 30.7 Å². The average molecular weight is 249 g/mol. The summed E-state index contributed by atoms with van der Waals surface area (Å²) in [6, 6.07) is 5.92. The number of methoxy groups -OCH3 is 2. The fourth-order valence-corrected chi connectivity index (χ4v) is 1.71. The first-order valence-electron chi connectivity index (χ1n) is 6.36. The lowest BCUT2D eigenvalue weighted by molar-refractivity contribution is 0.394. The highest BCUT2D eigenvalue weighted by molar-refractivity contribution is 5.58. The van der Waals surface area contributed by atoms with Crippen molar-refractivity contribution in [2.45, 2.75) is 20.3 Å². The molecular weight excluding hydrogens is 226 g/mol. The van der Waals surface area contributed by atoms with Crippen LogP contribution in [0.5, 0.6) is 11.5 Å². The Kier molecular flexibility index (Phi) is 6.29. The van der Waals surface area contributed by atoms with E-state index in [0.29, 0.717) is 0 Å². The van der Waals surface area contributed by atoms with Gasteiger partial charge in [-0.2, -0.15) is 0 Å². The molecule has 0 aliphatic carbocycles. The van der Waals surface area contributed by atoms with Gasteiger partial charge in [-0.3, -0.25) is 0 Å². The second kappa shape index (κ2) is 7.77. The van der Waals surface area contributed by atoms with Gasteiger partial charge in [-0.1, -0.05) is 25.5 Å². The molecule has 0 aromatic heterocycles. The van der Waals surface area contributed by atoms with Crippen LogP contribution in [0.1, 0.15) is 25.8 Å². The zero-order valence-corrected chi connectivity index (χ0v) is 11.7. The summed E-state index contributed by atoms with van der Waals surface area (Å²) in [5, 5.41) is 3.35. The van der Waals surface area contributed by atoms with Crippen molar-refractivity contribution in [2.24, 2.45) is 0 Å². The molecule has 1 aromatic rings. The molecule has 0 heterocycles. The van der Waals surface area contributed by atoms with Gasteiger partial charge in [0.25, 0.3) is 0 Å². The van der Waals surface area contributed by atoms with Crippen LogP contribution in [0.25, 0.3) is 6.08 Å². The molecule has 0 saturated heterocycles. The van der Waals surface area contributed by atoms with Gasteiger partial charge in [0.1, 0.15) is 11.5 Å². The van der Waals surface area contributed by atoms with Gasteiger partial charge in [0.2, 0.25) is 0 Å². The third-order valence-electron chi connectivity index (χ3n) is 2.80. The maximum atomic E-state index is 5.27. The molecule has 0 aliphatic rings. The van der Waals surface area contributed by atoms with E-state index < -0.39 is 0 Å². The van der Waals surface area contributed by atoms with E-state index in [1.807, 2.05) is 18.2 Å². The molecule has 0 radical (unpaired) electrons. The summed E-state index contributed by atoms with van der Waals surface area (Å²) in [5.41, 5.74) is 2.48. The molecule has 0 aliphatic heterocycles. The first-order valence-corrected chi connectivity index (χ1v) is 6.36. The summed E-state index contributed by atoms with van der Waals surface area (Å²) in [6.45, 7) is 6.19. The van der Waals surface area contributed by atoms with Crippen LogP contribution in [0, 0.1) is 0 Å². The standard InChI is InChI=1S/C15H23NO2/c1-5-12(11-16-6-2)7-13-8-14(17-3)10-15(9-13)18-4/h7-10,16H,5-6,11H2,1-4H3. The Morgan fingerprint density at radius 3 is 2.17 bits per heavy atom. The zero-order valence-electron chi connectivity index (χ0n) is 11.7. The normalized spacial score (nSPS) is 11.4. The van der Waals surface area contributed by atoms with Gasteiger partial charge in [0.05, 0.1) is 14.2 Å². The molecule has 0 bridgehead atoms. The van der Waals surface area contributed by atoms with E-state index in [1.165, 1.54) is 5.57 Å². The molecule has 0 spiro atoms. The highest BCUT2D eigenvalue weighted by Gasteiger charge is 2.01. The van der Waals surface area contributed by atoms with Crippen molar-refractivity contribution in [1.29, 1.82) is 0 Å². The summed E-state index contributed by atoms with van der Waals surface area (Å²) in [7, 11) is 3.34. The monoisotopic (exact) mass is 249 g/mol. The van der Waals surface area contributed by atoms with Crippen LogP contribution >= 0.6 is 0 Å². The highest BCUT2D eigenvalue weighted by Crippen LogP contribution is 2.24. The molecule has 0 amide bonds. The summed E-state index contributed by atoms with van der Waals surface area (Å²) in [6.07, 6.45) is 3.22. The quantitative estimate of drug-likeness (QED) is 0.805. The maximum absolute atomic E-state index is 5.27. The minimum Gasteiger partial charge on any atom is -0.497 e. The van der Waals surface area contributed by atoms with E-state index in [-0.39, 0.29) is 0 Å². The third kappa shape index (κ3) is 4.41. The topological polar surface area (TPSA) is 30.5 Å². The number of rotatable bonds is 7. The van der Waals surface area contributed by atoms with E-state index in [0.717, 1.165) is 36.6 Å². The van der Waals surface area contributed by atoms with E-state index in [2.05, 4.69) is 25.2 Å². The van der Waals surface area contributed by atoms with Crippen molar-refractivity contribution in [3.8, 4) is 11.5 Å². The SMILES string of the molecule is CCNCC(=Cc1cc(OC)cc(OC)c1)CC. The molecule has 100 valence electrons. The molecule has 1 rings (SSSR count). The van der Waals surface area contributed by atoms with Crippen LogP contribution in [0.2, 0.25) is 0 Å². The number of nitrogens with one attached hydrogen (secondary N) is 1. The van der Waals surface area contributed by atoms with E-state index in [4.69, 9.17) is 9.47 Å². The molecule has 1 N–H and O–H groups in total. The van der Waals surface area contributed by atoms with Gasteiger partial charge in [-0.15, -0.1) is 0 Å². The van der Waals surface area contributed by atoms with Gasteiger partial charge >= 0.3 is 0 Å². The summed E-state index contributed by atoms with van der Waals surface area (Å²) >= 11 is 0. The smallest absolute Gasteiger partial charge is 0.123 e. The Balaban J connectivity index is 2.95. The van der Waals surface area contributed by atoms with Gasteiger partial charge in [0, 0.05) is 12.6 Å². The van der Waals surface area contributed by atoms with Crippen molar-refractivity contribution in [2.75, 3.05) is 27.3 Å². The van der Waals surface area contributed by atoms with Gasteiger partial charge in [-0.25, -0.2) is 0 Å². The van der Waals surface area contributed by atoms with Crippen molar-refractivity contribution in [3.05, 3.63) is 29.3 Å². The van der Waals surface area contributed by atoms with Crippen LogP contribution < -0.4 is 14.8 Å². The highest BCUT2D eigenvalue weighted by atomic mass is 16.5. The second-order valence-electron chi connectivity index (χ2n) is 4.08. The van der Waals surface area contributed by atoms with Crippen molar-refractivity contribution < 1.29 is 9.47 Å². The molecule has 18 heavy (non-hydrogen) atoms. The first-order chi connectivity index (χ1) is 8.73. The molecule has 0 fully saturated rings. The molecule has 0 unspecified atom stereocenters. The molecule has 0 saturated carbocycles. The van der Waals surface area contributed by atoms with E-state index in [1.54, 1.807) is 14.2 Å². The fourth-order valence-electron chi connectivity index (χ4n) is 1.71. The number of ether oxygens (including phenoxy) is 2. The maximum Gasteiger partial charge on any atom is 0.123 e. The molecule has 1 aromatic carbocycles. The second-order valence-corrected chi connectivity index (χ2v) is 4.08. The lowest BCUT2D eigenvalue weighted by Crippen LogP contribution is -2.15. The number of likely N-dealkylation sites (N-methyl/N-ethyl adjacent to an activating group) is 1. The first kappa shape index (κ1) is 14.6. The molecular formula is C15H23NO2. The molecule has 3 heteroatoms. The number of benzene rings is 1. The zero-order chi connectivity index (χ0) is 13.4. The largest absolute Gasteiger partial charge is 0.497 e. The van der Waals surface area contributed by atoms with Crippen LogP contribution in [-0.2, 0) is 0 Å². The Bertz CT molecular complexity index is 377. The molecule has 3 nitrogen and oxygen atoms in total.